The molecule has 1 rings (SSSR count). The van der Waals surface area contributed by atoms with Gasteiger partial charge in [-0.3, -0.25) is 0 Å². The smallest absolute Gasteiger partial charge is 0.389 e. The molecule has 1 heterocycles. The number of rotatable bonds is 3. The summed E-state index contributed by atoms with van der Waals surface area (Å²) < 4.78 is 39.9. The lowest BCUT2D eigenvalue weighted by Gasteiger charge is -2.02. The summed E-state index contributed by atoms with van der Waals surface area (Å²) in [5.74, 6) is 0.219. The van der Waals surface area contributed by atoms with Gasteiger partial charge >= 0.3 is 6.18 Å². The van der Waals surface area contributed by atoms with E-state index < -0.39 is 12.6 Å². The molecule has 0 saturated carbocycles. The van der Waals surface area contributed by atoms with Crippen molar-refractivity contribution < 1.29 is 17.6 Å². The maximum Gasteiger partial charge on any atom is 0.389 e. The van der Waals surface area contributed by atoms with Crippen molar-refractivity contribution in [1.82, 2.24) is 10.2 Å². The molecule has 0 amide bonds. The predicted octanol–water partition coefficient (Wildman–Crippen LogP) is 2.72. The van der Waals surface area contributed by atoms with Crippen LogP contribution in [0.2, 0.25) is 0 Å². The normalized spacial score (nSPS) is 12.0. The summed E-state index contributed by atoms with van der Waals surface area (Å²) in [5, 5.41) is 6.95. The van der Waals surface area contributed by atoms with Crippen LogP contribution in [0.1, 0.15) is 18.7 Å². The molecule has 0 spiro atoms. The van der Waals surface area contributed by atoms with Crippen molar-refractivity contribution in [2.24, 2.45) is 0 Å². The fraction of sp³-hybridized carbons (Fsp3) is 0.667. The Morgan fingerprint density at radius 3 is 2.46 bits per heavy atom. The van der Waals surface area contributed by atoms with Crippen LogP contribution in [0.25, 0.3) is 0 Å². The summed E-state index contributed by atoms with van der Waals surface area (Å²) in [6.07, 6.45) is -4.82. The molecular formula is C6H6BrF3N2O. The van der Waals surface area contributed by atoms with E-state index in [0.717, 1.165) is 0 Å². The fourth-order valence-electron chi connectivity index (χ4n) is 0.774. The van der Waals surface area contributed by atoms with Crippen LogP contribution >= 0.6 is 15.9 Å². The Morgan fingerprint density at radius 1 is 1.31 bits per heavy atom. The van der Waals surface area contributed by atoms with E-state index in [1.807, 2.05) is 0 Å². The van der Waals surface area contributed by atoms with Gasteiger partial charge in [0.1, 0.15) is 0 Å². The number of hydrogen-bond donors (Lipinski definition) is 0. The molecule has 1 aromatic rings. The molecule has 7 heteroatoms. The van der Waals surface area contributed by atoms with Gasteiger partial charge in [-0.15, -0.1) is 10.2 Å². The topological polar surface area (TPSA) is 38.9 Å². The fourth-order valence-corrected chi connectivity index (χ4v) is 1.04. The number of alkyl halides is 3. The second-order valence-corrected chi connectivity index (χ2v) is 3.10. The molecule has 0 aliphatic rings. The van der Waals surface area contributed by atoms with Crippen molar-refractivity contribution in [2.75, 3.05) is 0 Å². The number of hydrogen-bond acceptors (Lipinski definition) is 3. The quantitative estimate of drug-likeness (QED) is 0.837. The lowest BCUT2D eigenvalue weighted by Crippen LogP contribution is -2.07. The summed E-state index contributed by atoms with van der Waals surface area (Å²) in [6.45, 7) is 0. The van der Waals surface area contributed by atoms with Gasteiger partial charge in [0.25, 0.3) is 4.80 Å². The highest BCUT2D eigenvalue weighted by molar-refractivity contribution is 9.10. The standard InChI is InChI=1S/C6H6BrF3N2O/c7-5-12-11-4(13-5)2-1-3-6(8,9)10/h1-3H2. The minimum absolute atomic E-state index is 0.0296. The van der Waals surface area contributed by atoms with Crippen LogP contribution in [0.5, 0.6) is 0 Å². The van der Waals surface area contributed by atoms with Gasteiger partial charge in [0.2, 0.25) is 5.89 Å². The predicted molar refractivity (Wildman–Crippen MR) is 41.0 cm³/mol. The van der Waals surface area contributed by atoms with E-state index in [1.54, 1.807) is 0 Å². The first-order valence-corrected chi connectivity index (χ1v) is 4.31. The summed E-state index contributed by atoms with van der Waals surface area (Å²) >= 11 is 2.90. The van der Waals surface area contributed by atoms with Gasteiger partial charge < -0.3 is 4.42 Å². The van der Waals surface area contributed by atoms with Crippen molar-refractivity contribution in [3.05, 3.63) is 10.7 Å². The summed E-state index contributed by atoms with van der Waals surface area (Å²) in [6, 6.07) is 0. The Bertz CT molecular complexity index is 273. The van der Waals surface area contributed by atoms with Crippen LogP contribution in [0.3, 0.4) is 0 Å². The van der Waals surface area contributed by atoms with Crippen LogP contribution in [-0.4, -0.2) is 16.4 Å². The largest absolute Gasteiger partial charge is 0.416 e. The summed E-state index contributed by atoms with van der Waals surface area (Å²) in [4.78, 5) is 0.189. The SMILES string of the molecule is FC(F)(F)CCCc1nnc(Br)o1. The first-order valence-electron chi connectivity index (χ1n) is 3.52. The van der Waals surface area contributed by atoms with Gasteiger partial charge in [-0.1, -0.05) is 0 Å². The molecule has 0 radical (unpaired) electrons. The van der Waals surface area contributed by atoms with Crippen molar-refractivity contribution in [3.8, 4) is 0 Å². The Labute approximate surface area is 80.5 Å². The number of halogens is 4. The minimum Gasteiger partial charge on any atom is -0.416 e. The zero-order valence-corrected chi connectivity index (χ0v) is 8.02. The van der Waals surface area contributed by atoms with E-state index >= 15 is 0 Å². The average molecular weight is 259 g/mol. The first kappa shape index (κ1) is 10.5. The van der Waals surface area contributed by atoms with Crippen molar-refractivity contribution in [3.63, 3.8) is 0 Å². The lowest BCUT2D eigenvalue weighted by molar-refractivity contribution is -0.135. The molecule has 0 unspecified atom stereocenters. The van der Waals surface area contributed by atoms with Crippen molar-refractivity contribution in [2.45, 2.75) is 25.4 Å². The maximum atomic E-state index is 11.7. The zero-order chi connectivity index (χ0) is 9.90. The third kappa shape index (κ3) is 4.25. The number of nitrogens with zero attached hydrogens (tertiary/aromatic N) is 2. The molecule has 0 fully saturated rings. The highest BCUT2D eigenvalue weighted by atomic mass is 79.9. The molecule has 0 aromatic carbocycles. The van der Waals surface area contributed by atoms with E-state index in [1.165, 1.54) is 0 Å². The van der Waals surface area contributed by atoms with E-state index in [0.29, 0.717) is 0 Å². The maximum absolute atomic E-state index is 11.7. The molecule has 0 saturated heterocycles. The van der Waals surface area contributed by atoms with Crippen LogP contribution in [0.15, 0.2) is 9.22 Å². The number of aromatic nitrogens is 2. The first-order chi connectivity index (χ1) is 5.97. The lowest BCUT2D eigenvalue weighted by atomic mass is 10.2. The highest BCUT2D eigenvalue weighted by Gasteiger charge is 2.26. The summed E-state index contributed by atoms with van der Waals surface area (Å²) in [5.41, 5.74) is 0. The van der Waals surface area contributed by atoms with Crippen LogP contribution < -0.4 is 0 Å². The van der Waals surface area contributed by atoms with Gasteiger partial charge in [-0.2, -0.15) is 13.2 Å². The Balaban J connectivity index is 2.28. The summed E-state index contributed by atoms with van der Waals surface area (Å²) in [7, 11) is 0. The molecule has 0 bridgehead atoms. The van der Waals surface area contributed by atoms with Gasteiger partial charge in [0.15, 0.2) is 0 Å². The van der Waals surface area contributed by atoms with E-state index in [9.17, 15) is 13.2 Å². The molecule has 0 aliphatic carbocycles. The van der Waals surface area contributed by atoms with Crippen molar-refractivity contribution >= 4 is 15.9 Å². The van der Waals surface area contributed by atoms with Crippen LogP contribution in [0, 0.1) is 0 Å². The Morgan fingerprint density at radius 2 is 2.00 bits per heavy atom. The second kappa shape index (κ2) is 4.08. The third-order valence-corrected chi connectivity index (χ3v) is 1.61. The zero-order valence-electron chi connectivity index (χ0n) is 6.44. The average Bonchev–Trinajstić information content (AvgIpc) is 2.33. The van der Waals surface area contributed by atoms with Crippen LogP contribution in [-0.2, 0) is 6.42 Å². The molecule has 0 N–H and O–H groups in total. The number of aryl methyl sites for hydroxylation is 1. The third-order valence-electron chi connectivity index (χ3n) is 1.29. The monoisotopic (exact) mass is 258 g/mol. The molecule has 0 atom stereocenters. The Kier molecular flexibility index (Phi) is 3.29. The van der Waals surface area contributed by atoms with Gasteiger partial charge in [-0.25, -0.2) is 0 Å². The van der Waals surface area contributed by atoms with Gasteiger partial charge in [0, 0.05) is 28.8 Å². The van der Waals surface area contributed by atoms with Crippen LogP contribution in [0.4, 0.5) is 13.2 Å². The molecule has 74 valence electrons. The highest BCUT2D eigenvalue weighted by Crippen LogP contribution is 2.22. The molecule has 13 heavy (non-hydrogen) atoms. The van der Waals surface area contributed by atoms with E-state index in [-0.39, 0.29) is 23.5 Å². The minimum atomic E-state index is -4.11. The molecular weight excluding hydrogens is 253 g/mol. The Hall–Kier alpha value is -0.590. The second-order valence-electron chi connectivity index (χ2n) is 2.42. The molecule has 1 aromatic heterocycles. The van der Waals surface area contributed by atoms with Gasteiger partial charge in [-0.05, 0) is 6.42 Å². The molecule has 3 nitrogen and oxygen atoms in total. The van der Waals surface area contributed by atoms with E-state index in [2.05, 4.69) is 26.1 Å². The van der Waals surface area contributed by atoms with Gasteiger partial charge in [0.05, 0.1) is 0 Å². The van der Waals surface area contributed by atoms with E-state index in [4.69, 9.17) is 4.42 Å². The van der Waals surface area contributed by atoms with Crippen molar-refractivity contribution in [1.29, 1.82) is 0 Å². The molecule has 0 aliphatic heterocycles.